The Morgan fingerprint density at radius 2 is 1.31 bits per heavy atom. The summed E-state index contributed by atoms with van der Waals surface area (Å²) in [6, 6.07) is 17.7. The van der Waals surface area contributed by atoms with Gasteiger partial charge in [-0.1, -0.05) is 54.6 Å². The molecule has 2 rings (SSSR count). The maximum absolute atomic E-state index is 10.5. The second kappa shape index (κ2) is 6.53. The van der Waals surface area contributed by atoms with Crippen molar-refractivity contribution >= 4 is 6.29 Å². The minimum atomic E-state index is 0.713. The van der Waals surface area contributed by atoms with Crippen LogP contribution >= 0.6 is 0 Å². The normalized spacial score (nSPS) is 8.88. The van der Waals surface area contributed by atoms with E-state index >= 15 is 0 Å². The molecule has 2 heteroatoms. The summed E-state index contributed by atoms with van der Waals surface area (Å²) in [6.07, 6.45) is 0.856. The first-order chi connectivity index (χ1) is 7.90. The summed E-state index contributed by atoms with van der Waals surface area (Å²) in [7, 11) is 1.50. The molecule has 0 radical (unpaired) electrons. The summed E-state index contributed by atoms with van der Waals surface area (Å²) in [5.41, 5.74) is 7.52. The Morgan fingerprint density at radius 3 is 1.81 bits per heavy atom. The van der Waals surface area contributed by atoms with Crippen molar-refractivity contribution in [1.82, 2.24) is 0 Å². The third kappa shape index (κ3) is 3.04. The molecule has 0 aliphatic rings. The molecule has 0 atom stereocenters. The van der Waals surface area contributed by atoms with E-state index in [4.69, 9.17) is 0 Å². The summed E-state index contributed by atoms with van der Waals surface area (Å²) >= 11 is 0. The molecule has 0 amide bonds. The third-order valence-electron chi connectivity index (χ3n) is 2.15. The minimum absolute atomic E-state index is 0.713. The van der Waals surface area contributed by atoms with Crippen molar-refractivity contribution in [2.45, 2.75) is 0 Å². The van der Waals surface area contributed by atoms with Crippen LogP contribution in [0.2, 0.25) is 0 Å². The number of benzene rings is 2. The highest BCUT2D eigenvalue weighted by Gasteiger charge is 1.95. The highest BCUT2D eigenvalue weighted by molar-refractivity contribution is 5.76. The molecular weight excluding hydrogens is 198 g/mol. The second-order valence-electron chi connectivity index (χ2n) is 3.11. The van der Waals surface area contributed by atoms with Crippen molar-refractivity contribution in [3.05, 3.63) is 60.2 Å². The van der Waals surface area contributed by atoms with E-state index in [9.17, 15) is 4.79 Å². The third-order valence-corrected chi connectivity index (χ3v) is 2.15. The van der Waals surface area contributed by atoms with Gasteiger partial charge in [0.15, 0.2) is 0 Å². The van der Waals surface area contributed by atoms with Crippen LogP contribution in [0.25, 0.3) is 11.1 Å². The number of carbonyl (C=O) groups excluding carboxylic acids is 1. The first kappa shape index (κ1) is 12.1. The predicted octanol–water partition coefficient (Wildman–Crippen LogP) is 2.74. The van der Waals surface area contributed by atoms with Gasteiger partial charge in [0.2, 0.25) is 0 Å². The van der Waals surface area contributed by atoms with Gasteiger partial charge < -0.3 is 5.73 Å². The summed E-state index contributed by atoms with van der Waals surface area (Å²) in [6.45, 7) is 0. The van der Waals surface area contributed by atoms with Crippen molar-refractivity contribution in [1.29, 1.82) is 0 Å². The summed E-state index contributed by atoms with van der Waals surface area (Å²) in [5.74, 6) is 0. The first-order valence-corrected chi connectivity index (χ1v) is 5.08. The van der Waals surface area contributed by atoms with Gasteiger partial charge in [-0.15, -0.1) is 0 Å². The standard InChI is InChI=1S/C13H10O.CH5N/c14-10-11-6-8-13(9-7-11)12-4-2-1-3-5-12;1-2/h1-10H;2H2,1H3. The molecule has 0 aliphatic heterocycles. The second-order valence-corrected chi connectivity index (χ2v) is 3.11. The van der Waals surface area contributed by atoms with E-state index in [0.29, 0.717) is 5.56 Å². The van der Waals surface area contributed by atoms with E-state index in [1.165, 1.54) is 12.6 Å². The quantitative estimate of drug-likeness (QED) is 0.779. The van der Waals surface area contributed by atoms with E-state index in [2.05, 4.69) is 17.9 Å². The lowest BCUT2D eigenvalue weighted by Gasteiger charge is -2.00. The van der Waals surface area contributed by atoms with Crippen molar-refractivity contribution in [3.8, 4) is 11.1 Å². The number of nitrogens with two attached hydrogens (primary N) is 1. The summed E-state index contributed by atoms with van der Waals surface area (Å²) in [5, 5.41) is 0. The number of rotatable bonds is 2. The lowest BCUT2D eigenvalue weighted by molar-refractivity contribution is 0.112. The fraction of sp³-hybridized carbons (Fsp3) is 0.0714. The average molecular weight is 213 g/mol. The van der Waals surface area contributed by atoms with Crippen LogP contribution in [0, 0.1) is 0 Å². The number of aldehydes is 1. The Labute approximate surface area is 95.7 Å². The Morgan fingerprint density at radius 1 is 0.812 bits per heavy atom. The Hall–Kier alpha value is -1.93. The van der Waals surface area contributed by atoms with Gasteiger partial charge >= 0.3 is 0 Å². The van der Waals surface area contributed by atoms with Crippen LogP contribution in [0.4, 0.5) is 0 Å². The maximum atomic E-state index is 10.5. The molecule has 2 nitrogen and oxygen atoms in total. The van der Waals surface area contributed by atoms with Crippen molar-refractivity contribution in [3.63, 3.8) is 0 Å². The molecule has 0 fully saturated rings. The lowest BCUT2D eigenvalue weighted by Crippen LogP contribution is -1.80. The van der Waals surface area contributed by atoms with E-state index in [0.717, 1.165) is 11.8 Å². The highest BCUT2D eigenvalue weighted by Crippen LogP contribution is 2.18. The van der Waals surface area contributed by atoms with Crippen LogP contribution in [0.5, 0.6) is 0 Å². The average Bonchev–Trinajstić information content (AvgIpc) is 2.42. The fourth-order valence-electron chi connectivity index (χ4n) is 1.38. The van der Waals surface area contributed by atoms with Crippen LogP contribution in [-0.2, 0) is 0 Å². The molecule has 2 N–H and O–H groups in total. The largest absolute Gasteiger partial charge is 0.333 e. The molecule has 0 heterocycles. The first-order valence-electron chi connectivity index (χ1n) is 5.08. The molecule has 2 aromatic carbocycles. The zero-order valence-corrected chi connectivity index (χ0v) is 9.26. The molecule has 16 heavy (non-hydrogen) atoms. The maximum Gasteiger partial charge on any atom is 0.150 e. The molecular formula is C14H15NO. The van der Waals surface area contributed by atoms with E-state index < -0.39 is 0 Å². The zero-order valence-electron chi connectivity index (χ0n) is 9.26. The van der Waals surface area contributed by atoms with Crippen LogP contribution in [0.3, 0.4) is 0 Å². The molecule has 0 unspecified atom stereocenters. The topological polar surface area (TPSA) is 43.1 Å². The Balaban J connectivity index is 0.000000606. The van der Waals surface area contributed by atoms with Crippen molar-refractivity contribution in [2.24, 2.45) is 5.73 Å². The molecule has 0 aromatic heterocycles. The van der Waals surface area contributed by atoms with Gasteiger partial charge in [-0.2, -0.15) is 0 Å². The van der Waals surface area contributed by atoms with Gasteiger partial charge in [0.25, 0.3) is 0 Å². The SMILES string of the molecule is CN.O=Cc1ccc(-c2ccccc2)cc1. The van der Waals surface area contributed by atoms with E-state index in [1.54, 1.807) is 0 Å². The Kier molecular flexibility index (Phi) is 4.96. The number of hydrogen-bond donors (Lipinski definition) is 1. The summed E-state index contributed by atoms with van der Waals surface area (Å²) < 4.78 is 0. The summed E-state index contributed by atoms with van der Waals surface area (Å²) in [4.78, 5) is 10.5. The molecule has 0 bridgehead atoms. The number of carbonyl (C=O) groups is 1. The van der Waals surface area contributed by atoms with Crippen LogP contribution in [0.15, 0.2) is 54.6 Å². The van der Waals surface area contributed by atoms with Gasteiger partial charge in [0, 0.05) is 5.56 Å². The fourth-order valence-corrected chi connectivity index (χ4v) is 1.38. The molecule has 0 spiro atoms. The molecule has 2 aromatic rings. The zero-order chi connectivity index (χ0) is 11.8. The monoisotopic (exact) mass is 213 g/mol. The van der Waals surface area contributed by atoms with Crippen LogP contribution in [-0.4, -0.2) is 13.3 Å². The van der Waals surface area contributed by atoms with Gasteiger partial charge in [-0.3, -0.25) is 4.79 Å². The highest BCUT2D eigenvalue weighted by atomic mass is 16.1. The minimum Gasteiger partial charge on any atom is -0.333 e. The van der Waals surface area contributed by atoms with Gasteiger partial charge in [-0.05, 0) is 18.2 Å². The van der Waals surface area contributed by atoms with Crippen molar-refractivity contribution in [2.75, 3.05) is 7.05 Å². The Bertz CT molecular complexity index is 420. The molecule has 0 saturated heterocycles. The molecule has 82 valence electrons. The van der Waals surface area contributed by atoms with Crippen LogP contribution < -0.4 is 5.73 Å². The predicted molar refractivity (Wildman–Crippen MR) is 67.4 cm³/mol. The van der Waals surface area contributed by atoms with Gasteiger partial charge in [0.1, 0.15) is 6.29 Å². The van der Waals surface area contributed by atoms with Gasteiger partial charge in [0.05, 0.1) is 0 Å². The van der Waals surface area contributed by atoms with Crippen molar-refractivity contribution < 1.29 is 4.79 Å². The van der Waals surface area contributed by atoms with E-state index in [1.807, 2.05) is 42.5 Å². The number of hydrogen-bond acceptors (Lipinski definition) is 2. The molecule has 0 saturated carbocycles. The lowest BCUT2D eigenvalue weighted by atomic mass is 10.0. The molecule has 0 aliphatic carbocycles. The van der Waals surface area contributed by atoms with Crippen LogP contribution in [0.1, 0.15) is 10.4 Å². The van der Waals surface area contributed by atoms with Gasteiger partial charge in [-0.25, -0.2) is 0 Å². The van der Waals surface area contributed by atoms with E-state index in [-0.39, 0.29) is 0 Å². The smallest absolute Gasteiger partial charge is 0.150 e.